The second-order valence-corrected chi connectivity index (χ2v) is 7.87. The normalized spacial score (nSPS) is 21.8. The standard InChI is InChI=1S/C12H13ClN2O5S/c13-10-4-3-9(5-11(10)15(17)18)21(19,20)14-6-12(16,7-14)8-1-2-8/h3-5,8,16H,1-2,6-7H2. The number of benzene rings is 1. The fourth-order valence-electron chi connectivity index (χ4n) is 2.56. The molecule has 1 aliphatic carbocycles. The van der Waals surface area contributed by atoms with Gasteiger partial charge in [0.15, 0.2) is 0 Å². The van der Waals surface area contributed by atoms with Crippen LogP contribution in [0.1, 0.15) is 12.8 Å². The predicted octanol–water partition coefficient (Wildman–Crippen LogP) is 1.39. The highest BCUT2D eigenvalue weighted by Gasteiger charge is 2.55. The Morgan fingerprint density at radius 1 is 1.38 bits per heavy atom. The van der Waals surface area contributed by atoms with Crippen LogP contribution in [0.25, 0.3) is 0 Å². The average Bonchev–Trinajstić information content (AvgIpc) is 3.19. The third-order valence-electron chi connectivity index (χ3n) is 3.99. The number of halogens is 1. The van der Waals surface area contributed by atoms with Crippen LogP contribution in [0, 0.1) is 16.0 Å². The first-order valence-corrected chi connectivity index (χ1v) is 8.22. The Bertz CT molecular complexity index is 710. The molecule has 1 saturated heterocycles. The Kier molecular flexibility index (Phi) is 3.25. The quantitative estimate of drug-likeness (QED) is 0.663. The lowest BCUT2D eigenvalue weighted by molar-refractivity contribution is -0.384. The van der Waals surface area contributed by atoms with Crippen molar-refractivity contribution in [1.82, 2.24) is 4.31 Å². The van der Waals surface area contributed by atoms with E-state index in [1.54, 1.807) is 0 Å². The van der Waals surface area contributed by atoms with Crippen molar-refractivity contribution >= 4 is 27.3 Å². The molecule has 1 aromatic rings. The SMILES string of the molecule is O=[N+]([O-])c1cc(S(=O)(=O)N2CC(O)(C3CC3)C2)ccc1Cl. The Labute approximate surface area is 126 Å². The Balaban J connectivity index is 1.86. The maximum absolute atomic E-state index is 12.4. The number of rotatable bonds is 4. The molecule has 7 nitrogen and oxygen atoms in total. The van der Waals surface area contributed by atoms with Gasteiger partial charge in [0.1, 0.15) is 5.02 Å². The average molecular weight is 333 g/mol. The minimum Gasteiger partial charge on any atom is -0.387 e. The van der Waals surface area contributed by atoms with Crippen molar-refractivity contribution in [1.29, 1.82) is 0 Å². The summed E-state index contributed by atoms with van der Waals surface area (Å²) in [6, 6.07) is 3.38. The van der Waals surface area contributed by atoms with Crippen molar-refractivity contribution in [2.24, 2.45) is 5.92 Å². The molecule has 114 valence electrons. The number of aliphatic hydroxyl groups is 1. The summed E-state index contributed by atoms with van der Waals surface area (Å²) in [7, 11) is -3.84. The van der Waals surface area contributed by atoms with Gasteiger partial charge in [0.05, 0.1) is 15.4 Å². The molecule has 0 atom stereocenters. The molecule has 1 heterocycles. The van der Waals surface area contributed by atoms with Crippen LogP contribution in [0.2, 0.25) is 5.02 Å². The van der Waals surface area contributed by atoms with Crippen LogP contribution in [0.5, 0.6) is 0 Å². The number of nitro groups is 1. The van der Waals surface area contributed by atoms with E-state index in [0.29, 0.717) is 0 Å². The minimum atomic E-state index is -3.84. The number of sulfonamides is 1. The first kappa shape index (κ1) is 14.7. The molecular weight excluding hydrogens is 320 g/mol. The fourth-order valence-corrected chi connectivity index (χ4v) is 4.33. The van der Waals surface area contributed by atoms with Crippen molar-refractivity contribution in [3.05, 3.63) is 33.3 Å². The Morgan fingerprint density at radius 3 is 2.52 bits per heavy atom. The van der Waals surface area contributed by atoms with Crippen LogP contribution in [-0.4, -0.2) is 41.4 Å². The number of nitrogens with zero attached hydrogens (tertiary/aromatic N) is 2. The molecule has 0 unspecified atom stereocenters. The summed E-state index contributed by atoms with van der Waals surface area (Å²) in [4.78, 5) is 9.92. The van der Waals surface area contributed by atoms with E-state index in [4.69, 9.17) is 11.6 Å². The fraction of sp³-hybridized carbons (Fsp3) is 0.500. The number of hydrogen-bond donors (Lipinski definition) is 1. The zero-order chi connectivity index (χ0) is 15.4. The maximum atomic E-state index is 12.4. The molecule has 0 amide bonds. The smallest absolute Gasteiger partial charge is 0.289 e. The van der Waals surface area contributed by atoms with Crippen molar-refractivity contribution in [3.63, 3.8) is 0 Å². The van der Waals surface area contributed by atoms with Crippen LogP contribution in [0.4, 0.5) is 5.69 Å². The third kappa shape index (κ3) is 2.42. The van der Waals surface area contributed by atoms with E-state index < -0.39 is 26.2 Å². The van der Waals surface area contributed by atoms with Crippen molar-refractivity contribution in [3.8, 4) is 0 Å². The summed E-state index contributed by atoms with van der Waals surface area (Å²) in [6.45, 7) is 0.0762. The zero-order valence-electron chi connectivity index (χ0n) is 10.9. The molecule has 0 spiro atoms. The highest BCUT2D eigenvalue weighted by molar-refractivity contribution is 7.89. The summed E-state index contributed by atoms with van der Waals surface area (Å²) < 4.78 is 25.9. The number of hydrogen-bond acceptors (Lipinski definition) is 5. The molecule has 9 heteroatoms. The van der Waals surface area contributed by atoms with Crippen molar-refractivity contribution in [2.75, 3.05) is 13.1 Å². The summed E-state index contributed by atoms with van der Waals surface area (Å²) in [5.74, 6) is 0.170. The summed E-state index contributed by atoms with van der Waals surface area (Å²) in [6.07, 6.45) is 1.83. The monoisotopic (exact) mass is 332 g/mol. The largest absolute Gasteiger partial charge is 0.387 e. The van der Waals surface area contributed by atoms with E-state index in [1.807, 2.05) is 0 Å². The van der Waals surface area contributed by atoms with E-state index in [-0.39, 0.29) is 28.9 Å². The summed E-state index contributed by atoms with van der Waals surface area (Å²) >= 11 is 5.67. The molecule has 0 aromatic heterocycles. The van der Waals surface area contributed by atoms with Crippen molar-refractivity contribution < 1.29 is 18.4 Å². The molecule has 1 saturated carbocycles. The van der Waals surface area contributed by atoms with Gasteiger partial charge in [0, 0.05) is 19.2 Å². The van der Waals surface area contributed by atoms with Gasteiger partial charge in [0.25, 0.3) is 5.69 Å². The molecule has 0 bridgehead atoms. The van der Waals surface area contributed by atoms with E-state index in [9.17, 15) is 23.6 Å². The Morgan fingerprint density at radius 2 is 2.00 bits per heavy atom. The van der Waals surface area contributed by atoms with Gasteiger partial charge in [-0.15, -0.1) is 0 Å². The molecule has 2 fully saturated rings. The number of β-amino-alcohol motifs (C(OH)–C–C–N with tert-alkyl or cyclic N) is 1. The third-order valence-corrected chi connectivity index (χ3v) is 6.10. The second kappa shape index (κ2) is 4.64. The van der Waals surface area contributed by atoms with Gasteiger partial charge in [-0.2, -0.15) is 4.31 Å². The molecule has 1 aromatic carbocycles. The number of nitro benzene ring substituents is 1. The first-order chi connectivity index (χ1) is 9.74. The van der Waals surface area contributed by atoms with E-state index in [1.165, 1.54) is 12.1 Å². The van der Waals surface area contributed by atoms with Gasteiger partial charge in [-0.05, 0) is 30.9 Å². The molecule has 21 heavy (non-hydrogen) atoms. The van der Waals surface area contributed by atoms with Gasteiger partial charge in [-0.1, -0.05) is 11.6 Å². The molecule has 1 N–H and O–H groups in total. The summed E-state index contributed by atoms with van der Waals surface area (Å²) in [5.41, 5.74) is -1.39. The van der Waals surface area contributed by atoms with E-state index >= 15 is 0 Å². The highest BCUT2D eigenvalue weighted by Crippen LogP contribution is 2.46. The topological polar surface area (TPSA) is 101 Å². The zero-order valence-corrected chi connectivity index (χ0v) is 12.5. The lowest BCUT2D eigenvalue weighted by atomic mass is 9.91. The maximum Gasteiger partial charge on any atom is 0.289 e. The molecule has 1 aliphatic heterocycles. The van der Waals surface area contributed by atoms with E-state index in [2.05, 4.69) is 0 Å². The van der Waals surface area contributed by atoms with Crippen LogP contribution in [0.3, 0.4) is 0 Å². The van der Waals surface area contributed by atoms with Gasteiger partial charge >= 0.3 is 0 Å². The Hall–Kier alpha value is -1.22. The molecular formula is C12H13ClN2O5S. The van der Waals surface area contributed by atoms with Crippen molar-refractivity contribution in [2.45, 2.75) is 23.3 Å². The molecule has 2 aliphatic rings. The first-order valence-electron chi connectivity index (χ1n) is 6.40. The van der Waals surface area contributed by atoms with Gasteiger partial charge < -0.3 is 5.11 Å². The highest BCUT2D eigenvalue weighted by atomic mass is 35.5. The van der Waals surface area contributed by atoms with E-state index in [0.717, 1.165) is 23.2 Å². The predicted molar refractivity (Wildman–Crippen MR) is 74.5 cm³/mol. The van der Waals surface area contributed by atoms with Crippen LogP contribution < -0.4 is 0 Å². The lowest BCUT2D eigenvalue weighted by Gasteiger charge is -2.45. The molecule has 3 rings (SSSR count). The molecule has 0 radical (unpaired) electrons. The van der Waals surface area contributed by atoms with Crippen LogP contribution in [-0.2, 0) is 10.0 Å². The summed E-state index contributed by atoms with van der Waals surface area (Å²) in [5, 5.41) is 20.9. The van der Waals surface area contributed by atoms with Crippen LogP contribution in [0.15, 0.2) is 23.1 Å². The van der Waals surface area contributed by atoms with Gasteiger partial charge in [-0.3, -0.25) is 10.1 Å². The lowest BCUT2D eigenvalue weighted by Crippen LogP contribution is -2.64. The minimum absolute atomic E-state index is 0.0381. The van der Waals surface area contributed by atoms with Gasteiger partial charge in [-0.25, -0.2) is 8.42 Å². The second-order valence-electron chi connectivity index (χ2n) is 5.52. The van der Waals surface area contributed by atoms with Gasteiger partial charge in [0.2, 0.25) is 10.0 Å². The van der Waals surface area contributed by atoms with Crippen LogP contribution >= 0.6 is 11.6 Å².